The van der Waals surface area contributed by atoms with Crippen molar-refractivity contribution in [2.75, 3.05) is 13.1 Å². The topological polar surface area (TPSA) is 59.0 Å². The Labute approximate surface area is 159 Å². The summed E-state index contributed by atoms with van der Waals surface area (Å²) >= 11 is 0. The Bertz CT molecular complexity index is 925. The van der Waals surface area contributed by atoms with Gasteiger partial charge in [0, 0.05) is 49.4 Å². The second kappa shape index (κ2) is 7.66. The van der Waals surface area contributed by atoms with Crippen LogP contribution >= 0.6 is 0 Å². The number of pyridine rings is 1. The lowest BCUT2D eigenvalue weighted by molar-refractivity contribution is 0.0706. The average Bonchev–Trinajstić information content (AvgIpc) is 2.74. The van der Waals surface area contributed by atoms with Gasteiger partial charge in [-0.3, -0.25) is 9.78 Å². The zero-order valence-corrected chi connectivity index (χ0v) is 15.4. The fraction of sp³-hybridized carbons (Fsp3) is 0.273. The van der Waals surface area contributed by atoms with E-state index in [-0.39, 0.29) is 5.91 Å². The van der Waals surface area contributed by atoms with Crippen molar-refractivity contribution in [3.05, 3.63) is 77.9 Å². The van der Waals surface area contributed by atoms with Gasteiger partial charge in [-0.2, -0.15) is 0 Å². The van der Waals surface area contributed by atoms with Crippen LogP contribution in [0.25, 0.3) is 11.4 Å². The highest BCUT2D eigenvalue weighted by Crippen LogP contribution is 2.29. The van der Waals surface area contributed by atoms with E-state index in [9.17, 15) is 4.79 Å². The van der Waals surface area contributed by atoms with E-state index in [1.54, 1.807) is 24.8 Å². The van der Waals surface area contributed by atoms with Gasteiger partial charge in [0.25, 0.3) is 5.91 Å². The molecule has 1 aliphatic rings. The molecular formula is C22H22N4O. The minimum atomic E-state index is 0.00557. The second-order valence-electron chi connectivity index (χ2n) is 6.98. The van der Waals surface area contributed by atoms with Gasteiger partial charge in [0.2, 0.25) is 0 Å². The van der Waals surface area contributed by atoms with Crippen LogP contribution < -0.4 is 0 Å². The summed E-state index contributed by atoms with van der Waals surface area (Å²) in [4.78, 5) is 27.7. The van der Waals surface area contributed by atoms with Crippen molar-refractivity contribution in [3.8, 4) is 11.4 Å². The lowest BCUT2D eigenvalue weighted by Crippen LogP contribution is -2.39. The number of hydrogen-bond acceptors (Lipinski definition) is 4. The minimum Gasteiger partial charge on any atom is -0.338 e. The Morgan fingerprint density at radius 1 is 1.07 bits per heavy atom. The Kier molecular flexibility index (Phi) is 4.92. The molecule has 0 spiro atoms. The van der Waals surface area contributed by atoms with Gasteiger partial charge in [-0.25, -0.2) is 9.97 Å². The van der Waals surface area contributed by atoms with Gasteiger partial charge in [-0.1, -0.05) is 24.3 Å². The van der Waals surface area contributed by atoms with Crippen LogP contribution in [-0.2, 0) is 0 Å². The zero-order chi connectivity index (χ0) is 18.6. The van der Waals surface area contributed by atoms with E-state index in [4.69, 9.17) is 0 Å². The number of nitrogens with zero attached hydrogens (tertiary/aromatic N) is 4. The van der Waals surface area contributed by atoms with Crippen molar-refractivity contribution < 1.29 is 4.79 Å². The highest BCUT2D eigenvalue weighted by Gasteiger charge is 2.26. The predicted octanol–water partition coefficient (Wildman–Crippen LogP) is 3.87. The lowest BCUT2D eigenvalue weighted by atomic mass is 9.88. The molecule has 1 aliphatic heterocycles. The summed E-state index contributed by atoms with van der Waals surface area (Å²) in [6.45, 7) is 3.67. The number of rotatable bonds is 3. The molecule has 3 heterocycles. The summed E-state index contributed by atoms with van der Waals surface area (Å²) in [7, 11) is 0. The van der Waals surface area contributed by atoms with E-state index in [2.05, 4.69) is 46.1 Å². The van der Waals surface area contributed by atoms with E-state index in [1.165, 1.54) is 11.1 Å². The Morgan fingerprint density at radius 3 is 2.63 bits per heavy atom. The van der Waals surface area contributed by atoms with Crippen LogP contribution in [0.2, 0.25) is 0 Å². The molecule has 0 N–H and O–H groups in total. The molecule has 136 valence electrons. The van der Waals surface area contributed by atoms with Gasteiger partial charge >= 0.3 is 0 Å². The van der Waals surface area contributed by atoms with E-state index in [0.717, 1.165) is 31.5 Å². The van der Waals surface area contributed by atoms with E-state index in [1.807, 2.05) is 17.0 Å². The van der Waals surface area contributed by atoms with Crippen LogP contribution in [-0.4, -0.2) is 38.8 Å². The van der Waals surface area contributed by atoms with Gasteiger partial charge in [0.15, 0.2) is 5.82 Å². The van der Waals surface area contributed by atoms with Crippen LogP contribution in [0.15, 0.2) is 61.2 Å². The summed E-state index contributed by atoms with van der Waals surface area (Å²) in [6, 6.07) is 12.2. The molecule has 1 aromatic carbocycles. The predicted molar refractivity (Wildman–Crippen MR) is 104 cm³/mol. The van der Waals surface area contributed by atoms with Crippen molar-refractivity contribution in [2.45, 2.75) is 25.7 Å². The second-order valence-corrected chi connectivity index (χ2v) is 6.98. The summed E-state index contributed by atoms with van der Waals surface area (Å²) in [5.41, 5.74) is 4.02. The first-order chi connectivity index (χ1) is 13.2. The first-order valence-electron chi connectivity index (χ1n) is 9.29. The van der Waals surface area contributed by atoms with Crippen molar-refractivity contribution in [1.29, 1.82) is 0 Å². The molecule has 3 aromatic rings. The first-order valence-corrected chi connectivity index (χ1v) is 9.29. The Balaban J connectivity index is 1.50. The third kappa shape index (κ3) is 3.72. The van der Waals surface area contributed by atoms with Crippen molar-refractivity contribution in [2.24, 2.45) is 0 Å². The zero-order valence-electron chi connectivity index (χ0n) is 15.4. The van der Waals surface area contributed by atoms with E-state index >= 15 is 0 Å². The number of carbonyl (C=O) groups excluding carboxylic acids is 1. The maximum absolute atomic E-state index is 12.9. The monoisotopic (exact) mass is 358 g/mol. The SMILES string of the molecule is Cc1ccccc1C1CCCN(C(=O)c2cnc(-c3cccnc3)nc2)C1. The molecular weight excluding hydrogens is 336 g/mol. The van der Waals surface area contributed by atoms with Gasteiger partial charge < -0.3 is 4.90 Å². The van der Waals surface area contributed by atoms with Gasteiger partial charge in [-0.15, -0.1) is 0 Å². The molecule has 27 heavy (non-hydrogen) atoms. The van der Waals surface area contributed by atoms with Gasteiger partial charge in [-0.05, 0) is 43.0 Å². The number of aryl methyl sites for hydroxylation is 1. The molecule has 1 fully saturated rings. The summed E-state index contributed by atoms with van der Waals surface area (Å²) in [5, 5.41) is 0. The maximum atomic E-state index is 12.9. The number of amides is 1. The molecule has 4 rings (SSSR count). The number of likely N-dealkylation sites (tertiary alicyclic amines) is 1. The van der Waals surface area contributed by atoms with Crippen molar-refractivity contribution in [3.63, 3.8) is 0 Å². The van der Waals surface area contributed by atoms with Crippen LogP contribution in [0.5, 0.6) is 0 Å². The highest BCUT2D eigenvalue weighted by atomic mass is 16.2. The third-order valence-electron chi connectivity index (χ3n) is 5.16. The van der Waals surface area contributed by atoms with Crippen LogP contribution in [0.1, 0.15) is 40.2 Å². The summed E-state index contributed by atoms with van der Waals surface area (Å²) < 4.78 is 0. The smallest absolute Gasteiger partial charge is 0.257 e. The molecule has 1 saturated heterocycles. The molecule has 0 aliphatic carbocycles. The molecule has 5 nitrogen and oxygen atoms in total. The molecule has 2 aromatic heterocycles. The molecule has 0 bridgehead atoms. The number of aromatic nitrogens is 3. The fourth-order valence-corrected chi connectivity index (χ4v) is 3.73. The van der Waals surface area contributed by atoms with Crippen molar-refractivity contribution >= 4 is 5.91 Å². The number of benzene rings is 1. The Morgan fingerprint density at radius 2 is 1.89 bits per heavy atom. The van der Waals surface area contributed by atoms with Crippen LogP contribution in [0.4, 0.5) is 0 Å². The molecule has 1 atom stereocenters. The number of carbonyl (C=O) groups is 1. The molecule has 1 unspecified atom stereocenters. The highest BCUT2D eigenvalue weighted by molar-refractivity contribution is 5.93. The quantitative estimate of drug-likeness (QED) is 0.713. The van der Waals surface area contributed by atoms with Gasteiger partial charge in [0.1, 0.15) is 0 Å². The van der Waals surface area contributed by atoms with E-state index in [0.29, 0.717) is 17.3 Å². The molecule has 5 heteroatoms. The van der Waals surface area contributed by atoms with Crippen molar-refractivity contribution in [1.82, 2.24) is 19.9 Å². The maximum Gasteiger partial charge on any atom is 0.257 e. The van der Waals surface area contributed by atoms with Gasteiger partial charge in [0.05, 0.1) is 5.56 Å². The molecule has 1 amide bonds. The third-order valence-corrected chi connectivity index (χ3v) is 5.16. The van der Waals surface area contributed by atoms with E-state index < -0.39 is 0 Å². The number of hydrogen-bond donors (Lipinski definition) is 0. The molecule has 0 radical (unpaired) electrons. The standard InChI is InChI=1S/C22H22N4O/c1-16-6-2-3-9-20(16)18-8-5-11-26(15-18)22(27)19-13-24-21(25-14-19)17-7-4-10-23-12-17/h2-4,6-7,9-10,12-14,18H,5,8,11,15H2,1H3. The van der Waals surface area contributed by atoms with Crippen LogP contribution in [0, 0.1) is 6.92 Å². The molecule has 0 saturated carbocycles. The fourth-order valence-electron chi connectivity index (χ4n) is 3.73. The average molecular weight is 358 g/mol. The largest absolute Gasteiger partial charge is 0.338 e. The lowest BCUT2D eigenvalue weighted by Gasteiger charge is -2.33. The Hall–Kier alpha value is -3.08. The number of piperidine rings is 1. The summed E-state index contributed by atoms with van der Waals surface area (Å²) in [6.07, 6.45) is 8.80. The summed E-state index contributed by atoms with van der Waals surface area (Å²) in [5.74, 6) is 0.974. The normalized spacial score (nSPS) is 16.9. The minimum absolute atomic E-state index is 0.00557. The van der Waals surface area contributed by atoms with Crippen LogP contribution in [0.3, 0.4) is 0 Å². The first kappa shape index (κ1) is 17.3.